The molecule has 2 N–H and O–H groups in total. The Bertz CT molecular complexity index is 1240. The van der Waals surface area contributed by atoms with Gasteiger partial charge in [-0.05, 0) is 30.7 Å². The molecule has 0 atom stereocenters. The molecule has 2 heterocycles. The van der Waals surface area contributed by atoms with Gasteiger partial charge in [0.25, 0.3) is 5.91 Å². The molecule has 9 nitrogen and oxygen atoms in total. The van der Waals surface area contributed by atoms with Crippen LogP contribution in [-0.4, -0.2) is 38.9 Å². The molecular formula is C24H23N5O4S. The van der Waals surface area contributed by atoms with Crippen LogP contribution in [0.3, 0.4) is 0 Å². The third-order valence-electron chi connectivity index (χ3n) is 4.78. The average Bonchev–Trinajstić information content (AvgIpc) is 3.55. The summed E-state index contributed by atoms with van der Waals surface area (Å²) in [5, 5.41) is 8.86. The molecule has 0 radical (unpaired) electrons. The van der Waals surface area contributed by atoms with E-state index in [2.05, 4.69) is 21.0 Å². The Labute approximate surface area is 200 Å². The van der Waals surface area contributed by atoms with Crippen LogP contribution in [0.2, 0.25) is 0 Å². The second kappa shape index (κ2) is 11.2. The first-order valence-corrected chi connectivity index (χ1v) is 11.6. The van der Waals surface area contributed by atoms with E-state index in [0.717, 1.165) is 11.1 Å². The van der Waals surface area contributed by atoms with Gasteiger partial charge >= 0.3 is 0 Å². The zero-order chi connectivity index (χ0) is 23.8. The Balaban J connectivity index is 1.25. The summed E-state index contributed by atoms with van der Waals surface area (Å²) in [6.45, 7) is 2.33. The Morgan fingerprint density at radius 3 is 2.50 bits per heavy atom. The number of thioether (sulfide) groups is 1. The second-order valence-corrected chi connectivity index (χ2v) is 8.01. The highest BCUT2D eigenvalue weighted by atomic mass is 32.2. The van der Waals surface area contributed by atoms with Crippen molar-refractivity contribution < 1.29 is 18.7 Å². The van der Waals surface area contributed by atoms with Gasteiger partial charge in [-0.25, -0.2) is 0 Å². The summed E-state index contributed by atoms with van der Waals surface area (Å²) in [5.41, 5.74) is 6.63. The molecule has 10 heteroatoms. The zero-order valence-corrected chi connectivity index (χ0v) is 19.2. The van der Waals surface area contributed by atoms with Gasteiger partial charge in [-0.3, -0.25) is 25.0 Å². The first kappa shape index (κ1) is 23.1. The van der Waals surface area contributed by atoms with Gasteiger partial charge in [-0.1, -0.05) is 60.3 Å². The number of nitrogens with zero attached hydrogens (tertiary/aromatic N) is 3. The molecule has 0 bridgehead atoms. The molecule has 0 aliphatic heterocycles. The van der Waals surface area contributed by atoms with Crippen LogP contribution in [0.25, 0.3) is 22.7 Å². The Morgan fingerprint density at radius 1 is 0.971 bits per heavy atom. The molecule has 0 unspecified atom stereocenters. The van der Waals surface area contributed by atoms with Crippen LogP contribution in [-0.2, 0) is 16.1 Å². The highest BCUT2D eigenvalue weighted by molar-refractivity contribution is 7.99. The largest absolute Gasteiger partial charge is 0.483 e. The monoisotopic (exact) mass is 477 g/mol. The first-order valence-electron chi connectivity index (χ1n) is 10.6. The Morgan fingerprint density at radius 2 is 1.74 bits per heavy atom. The minimum atomic E-state index is -0.474. The van der Waals surface area contributed by atoms with Crippen LogP contribution in [0.15, 0.2) is 82.6 Å². The lowest BCUT2D eigenvalue weighted by molar-refractivity contribution is -0.128. The summed E-state index contributed by atoms with van der Waals surface area (Å²) in [7, 11) is 0. The van der Waals surface area contributed by atoms with E-state index in [4.69, 9.17) is 9.15 Å². The number of hydrazine groups is 1. The van der Waals surface area contributed by atoms with Gasteiger partial charge < -0.3 is 9.15 Å². The van der Waals surface area contributed by atoms with Gasteiger partial charge in [-0.15, -0.1) is 10.2 Å². The van der Waals surface area contributed by atoms with Crippen molar-refractivity contribution in [1.82, 2.24) is 25.6 Å². The van der Waals surface area contributed by atoms with Crippen molar-refractivity contribution in [3.05, 3.63) is 73.0 Å². The minimum Gasteiger partial charge on any atom is -0.483 e. The van der Waals surface area contributed by atoms with Crippen molar-refractivity contribution in [3.8, 4) is 28.5 Å². The smallest absolute Gasteiger partial charge is 0.276 e. The maximum atomic E-state index is 12.2. The predicted octanol–water partition coefficient (Wildman–Crippen LogP) is 3.54. The van der Waals surface area contributed by atoms with E-state index in [1.54, 1.807) is 24.5 Å². The van der Waals surface area contributed by atoms with Gasteiger partial charge in [-0.2, -0.15) is 0 Å². The van der Waals surface area contributed by atoms with Crippen LogP contribution in [0.1, 0.15) is 6.92 Å². The molecule has 4 aromatic rings. The lowest BCUT2D eigenvalue weighted by Gasteiger charge is -2.12. The number of furan rings is 1. The van der Waals surface area contributed by atoms with E-state index >= 15 is 0 Å². The molecule has 34 heavy (non-hydrogen) atoms. The van der Waals surface area contributed by atoms with Crippen LogP contribution in [0, 0.1) is 0 Å². The minimum absolute atomic E-state index is 0.0499. The van der Waals surface area contributed by atoms with Crippen molar-refractivity contribution in [3.63, 3.8) is 0 Å². The third-order valence-corrected chi connectivity index (χ3v) is 5.75. The van der Waals surface area contributed by atoms with Crippen LogP contribution in [0.4, 0.5) is 0 Å². The first-order chi connectivity index (χ1) is 16.7. The quantitative estimate of drug-likeness (QED) is 0.280. The molecule has 0 aliphatic carbocycles. The summed E-state index contributed by atoms with van der Waals surface area (Å²) < 4.78 is 12.9. The molecule has 0 saturated heterocycles. The maximum Gasteiger partial charge on any atom is 0.276 e. The Kier molecular flexibility index (Phi) is 7.61. The summed E-state index contributed by atoms with van der Waals surface area (Å²) in [4.78, 5) is 24.4. The zero-order valence-electron chi connectivity index (χ0n) is 18.4. The highest BCUT2D eigenvalue weighted by Crippen LogP contribution is 2.29. The van der Waals surface area contributed by atoms with Crippen molar-refractivity contribution in [1.29, 1.82) is 0 Å². The number of carbonyl (C=O) groups is 2. The maximum absolute atomic E-state index is 12.2. The number of hydrogen-bond acceptors (Lipinski definition) is 7. The molecular weight excluding hydrogens is 454 g/mol. The summed E-state index contributed by atoms with van der Waals surface area (Å²) in [5.74, 6) is 0.973. The normalized spacial score (nSPS) is 10.6. The van der Waals surface area contributed by atoms with Gasteiger partial charge in [0, 0.05) is 12.1 Å². The molecule has 0 fully saturated rings. The molecule has 174 valence electrons. The lowest BCUT2D eigenvalue weighted by atomic mass is 10.1. The van der Waals surface area contributed by atoms with E-state index in [-0.39, 0.29) is 18.3 Å². The standard InChI is InChI=1S/C24H23N5O4S/c1-2-29-23(20-13-8-14-32-20)27-28-24(29)34-16-22(31)26-25-21(30)15-33-19-12-7-6-11-18(19)17-9-4-3-5-10-17/h3-14H,2,15-16H2,1H3,(H,25,30)(H,26,31). The summed E-state index contributed by atoms with van der Waals surface area (Å²) >= 11 is 1.21. The molecule has 2 amide bonds. The number of ether oxygens (including phenoxy) is 1. The average molecular weight is 478 g/mol. The lowest BCUT2D eigenvalue weighted by Crippen LogP contribution is -2.44. The fraction of sp³-hybridized carbons (Fsp3) is 0.167. The number of aromatic nitrogens is 3. The van der Waals surface area contributed by atoms with Crippen LogP contribution >= 0.6 is 11.8 Å². The highest BCUT2D eigenvalue weighted by Gasteiger charge is 2.16. The molecule has 2 aromatic carbocycles. The third kappa shape index (κ3) is 5.65. The topological polar surface area (TPSA) is 111 Å². The number of para-hydroxylation sites is 1. The molecule has 0 aliphatic rings. The molecule has 2 aromatic heterocycles. The molecule has 4 rings (SSSR count). The van der Waals surface area contributed by atoms with Gasteiger partial charge in [0.2, 0.25) is 5.91 Å². The number of hydrogen-bond donors (Lipinski definition) is 2. The fourth-order valence-corrected chi connectivity index (χ4v) is 4.00. The van der Waals surface area contributed by atoms with Gasteiger partial charge in [0.05, 0.1) is 12.0 Å². The molecule has 0 saturated carbocycles. The van der Waals surface area contributed by atoms with E-state index in [9.17, 15) is 9.59 Å². The number of carbonyl (C=O) groups excluding carboxylic acids is 2. The van der Waals surface area contributed by atoms with E-state index in [1.165, 1.54) is 11.8 Å². The van der Waals surface area contributed by atoms with E-state index in [1.807, 2.05) is 60.0 Å². The number of rotatable bonds is 9. The van der Waals surface area contributed by atoms with E-state index in [0.29, 0.717) is 29.0 Å². The van der Waals surface area contributed by atoms with Crippen molar-refractivity contribution in [2.75, 3.05) is 12.4 Å². The summed E-state index contributed by atoms with van der Waals surface area (Å²) in [6.07, 6.45) is 1.57. The van der Waals surface area contributed by atoms with Crippen molar-refractivity contribution in [2.45, 2.75) is 18.6 Å². The fourth-order valence-electron chi connectivity index (χ4n) is 3.20. The summed E-state index contributed by atoms with van der Waals surface area (Å²) in [6, 6.07) is 20.8. The van der Waals surface area contributed by atoms with Crippen LogP contribution < -0.4 is 15.6 Å². The van der Waals surface area contributed by atoms with Crippen molar-refractivity contribution >= 4 is 23.6 Å². The number of nitrogens with one attached hydrogen (secondary N) is 2. The van der Waals surface area contributed by atoms with Gasteiger partial charge in [0.1, 0.15) is 5.75 Å². The SMILES string of the molecule is CCn1c(SCC(=O)NNC(=O)COc2ccccc2-c2ccccc2)nnc1-c1ccco1. The van der Waals surface area contributed by atoms with Crippen LogP contribution in [0.5, 0.6) is 5.75 Å². The Hall–Kier alpha value is -4.05. The van der Waals surface area contributed by atoms with Gasteiger partial charge in [0.15, 0.2) is 23.3 Å². The number of amides is 2. The number of benzene rings is 2. The van der Waals surface area contributed by atoms with Crippen molar-refractivity contribution in [2.24, 2.45) is 0 Å². The second-order valence-electron chi connectivity index (χ2n) is 7.06. The van der Waals surface area contributed by atoms with E-state index < -0.39 is 5.91 Å². The molecule has 0 spiro atoms. The predicted molar refractivity (Wildman–Crippen MR) is 128 cm³/mol.